The smallest absolute Gasteiger partial charge is 0.295 e. The van der Waals surface area contributed by atoms with Crippen molar-refractivity contribution in [2.24, 2.45) is 0 Å². The number of likely N-dealkylation sites (tertiary alicyclic amines) is 1. The van der Waals surface area contributed by atoms with Crippen molar-refractivity contribution in [3.8, 4) is 5.75 Å². The van der Waals surface area contributed by atoms with E-state index in [1.54, 1.807) is 24.5 Å². The number of amides is 1. The molecule has 1 aliphatic rings. The van der Waals surface area contributed by atoms with Crippen molar-refractivity contribution in [2.45, 2.75) is 6.04 Å². The molecule has 0 bridgehead atoms. The van der Waals surface area contributed by atoms with Crippen LogP contribution >= 0.6 is 23.2 Å². The van der Waals surface area contributed by atoms with E-state index in [-0.39, 0.29) is 26.9 Å². The molecule has 0 spiro atoms. The molecule has 0 radical (unpaired) electrons. The molecule has 1 fully saturated rings. The van der Waals surface area contributed by atoms with Crippen molar-refractivity contribution in [3.63, 3.8) is 0 Å². The molecular weight excluding hydrogens is 429 g/mol. The van der Waals surface area contributed by atoms with Gasteiger partial charge in [-0.25, -0.2) is 0 Å². The van der Waals surface area contributed by atoms with Crippen LogP contribution in [0.5, 0.6) is 5.75 Å². The second kappa shape index (κ2) is 9.04. The Kier molecular flexibility index (Phi) is 6.65. The minimum absolute atomic E-state index is 0.0663. The van der Waals surface area contributed by atoms with Crippen LogP contribution in [0.1, 0.15) is 17.2 Å². The average Bonchev–Trinajstić information content (AvgIpc) is 2.96. The van der Waals surface area contributed by atoms with Gasteiger partial charge in [0.1, 0.15) is 11.5 Å². The molecule has 2 aromatic rings. The minimum atomic E-state index is -0.805. The number of carbonyl (C=O) groups is 2. The molecule has 1 aromatic heterocycles. The van der Waals surface area contributed by atoms with Crippen molar-refractivity contribution in [3.05, 3.63) is 63.4 Å². The molecule has 0 saturated carbocycles. The maximum Gasteiger partial charge on any atom is 0.295 e. The third-order valence-corrected chi connectivity index (χ3v) is 5.29. The van der Waals surface area contributed by atoms with Gasteiger partial charge in [-0.2, -0.15) is 0 Å². The van der Waals surface area contributed by atoms with Crippen molar-refractivity contribution in [1.29, 1.82) is 0 Å². The maximum atomic E-state index is 13.0. The van der Waals surface area contributed by atoms with E-state index in [1.165, 1.54) is 24.1 Å². The minimum Gasteiger partial charge on any atom is -0.507 e. The number of ketones is 1. The third-order valence-electron chi connectivity index (χ3n) is 4.80. The maximum absolute atomic E-state index is 13.0. The van der Waals surface area contributed by atoms with Crippen LogP contribution in [0.25, 0.3) is 5.76 Å². The van der Waals surface area contributed by atoms with Gasteiger partial charge in [-0.3, -0.25) is 14.6 Å². The number of ether oxygens (including phenoxy) is 1. The number of carbonyl (C=O) groups excluding carboxylic acids is 2. The highest BCUT2D eigenvalue weighted by molar-refractivity contribution is 6.46. The number of benzene rings is 1. The van der Waals surface area contributed by atoms with E-state index in [0.717, 1.165) is 0 Å². The number of hydrogen-bond donors (Lipinski definition) is 1. The van der Waals surface area contributed by atoms with Gasteiger partial charge in [-0.15, -0.1) is 0 Å². The van der Waals surface area contributed by atoms with Gasteiger partial charge in [0.25, 0.3) is 11.7 Å². The molecule has 7 nitrogen and oxygen atoms in total. The molecule has 2 heterocycles. The van der Waals surface area contributed by atoms with Gasteiger partial charge in [-0.05, 0) is 37.9 Å². The molecular formula is C21H21Cl2N3O4. The zero-order chi connectivity index (χ0) is 22.0. The summed E-state index contributed by atoms with van der Waals surface area (Å²) in [4.78, 5) is 33.3. The lowest BCUT2D eigenvalue weighted by molar-refractivity contribution is -0.140. The Hall–Kier alpha value is -2.61. The Morgan fingerprint density at radius 1 is 1.30 bits per heavy atom. The second-order valence-corrected chi connectivity index (χ2v) is 7.89. The number of methoxy groups -OCH3 is 1. The number of aliphatic hydroxyl groups excluding tert-OH is 1. The Labute approximate surface area is 184 Å². The van der Waals surface area contributed by atoms with Crippen molar-refractivity contribution in [1.82, 2.24) is 14.8 Å². The zero-order valence-corrected chi connectivity index (χ0v) is 18.2. The van der Waals surface area contributed by atoms with E-state index in [4.69, 9.17) is 27.9 Å². The van der Waals surface area contributed by atoms with Crippen LogP contribution in [-0.4, -0.2) is 65.9 Å². The summed E-state index contributed by atoms with van der Waals surface area (Å²) in [5.74, 6) is -1.74. The third kappa shape index (κ3) is 4.14. The first-order valence-electron chi connectivity index (χ1n) is 9.12. The number of likely N-dealkylation sites (N-methyl/N-ethyl adjacent to an activating group) is 1. The van der Waals surface area contributed by atoms with Gasteiger partial charge >= 0.3 is 0 Å². The summed E-state index contributed by atoms with van der Waals surface area (Å²) in [6.45, 7) is 0.831. The second-order valence-electron chi connectivity index (χ2n) is 7.05. The van der Waals surface area contributed by atoms with Crippen LogP contribution < -0.4 is 4.74 Å². The first-order valence-corrected chi connectivity index (χ1v) is 9.88. The van der Waals surface area contributed by atoms with Crippen LogP contribution in [0.15, 0.2) is 42.2 Å². The summed E-state index contributed by atoms with van der Waals surface area (Å²) >= 11 is 12.3. The van der Waals surface area contributed by atoms with E-state index >= 15 is 0 Å². The summed E-state index contributed by atoms with van der Waals surface area (Å²) < 4.78 is 5.31. The van der Waals surface area contributed by atoms with Gasteiger partial charge in [-0.1, -0.05) is 29.3 Å². The predicted octanol–water partition coefficient (Wildman–Crippen LogP) is 3.38. The summed E-state index contributed by atoms with van der Waals surface area (Å²) in [5.41, 5.74) is 0.669. The van der Waals surface area contributed by atoms with Gasteiger partial charge < -0.3 is 19.6 Å². The number of Topliss-reactive ketones (excluding diaryl/α,β-unsaturated/α-hetero) is 1. The van der Waals surface area contributed by atoms with E-state index in [0.29, 0.717) is 18.7 Å². The number of aromatic nitrogens is 1. The largest absolute Gasteiger partial charge is 0.507 e. The monoisotopic (exact) mass is 449 g/mol. The SMILES string of the molecule is COc1c(Cl)cc(Cl)cc1/C(O)=C1\C(=O)C(=O)N(CCN(C)C)C1c1cccnc1. The first-order chi connectivity index (χ1) is 14.3. The fourth-order valence-corrected chi connectivity index (χ4v) is 3.96. The fraction of sp³-hybridized carbons (Fsp3) is 0.286. The molecule has 1 unspecified atom stereocenters. The van der Waals surface area contributed by atoms with Gasteiger partial charge in [0.2, 0.25) is 0 Å². The van der Waals surface area contributed by atoms with Crippen LogP contribution in [0, 0.1) is 0 Å². The molecule has 1 saturated heterocycles. The molecule has 1 aliphatic heterocycles. The van der Waals surface area contributed by atoms with Gasteiger partial charge in [0, 0.05) is 30.5 Å². The Morgan fingerprint density at radius 2 is 2.03 bits per heavy atom. The number of aliphatic hydroxyl groups is 1. The molecule has 1 N–H and O–H groups in total. The summed E-state index contributed by atoms with van der Waals surface area (Å²) in [7, 11) is 5.13. The Balaban J connectivity index is 2.23. The van der Waals surface area contributed by atoms with E-state index in [1.807, 2.05) is 19.0 Å². The molecule has 1 aromatic carbocycles. The van der Waals surface area contributed by atoms with Gasteiger partial charge in [0.15, 0.2) is 0 Å². The standard InChI is InChI=1S/C21H21Cl2N3O4/c1-25(2)7-8-26-17(12-5-4-6-24-11-12)16(19(28)21(26)29)18(27)14-9-13(22)10-15(23)20(14)30-3/h4-6,9-11,17,27H,7-8H2,1-3H3/b18-16+. The molecule has 9 heteroatoms. The highest BCUT2D eigenvalue weighted by atomic mass is 35.5. The molecule has 1 atom stereocenters. The molecule has 158 valence electrons. The lowest BCUT2D eigenvalue weighted by Crippen LogP contribution is -2.35. The Morgan fingerprint density at radius 3 is 2.63 bits per heavy atom. The number of rotatable bonds is 6. The lowest BCUT2D eigenvalue weighted by atomic mass is 9.96. The summed E-state index contributed by atoms with van der Waals surface area (Å²) in [6.07, 6.45) is 3.16. The number of pyridine rings is 1. The van der Waals surface area contributed by atoms with Crippen molar-refractivity contribution >= 4 is 40.7 Å². The topological polar surface area (TPSA) is 83.0 Å². The van der Waals surface area contributed by atoms with E-state index < -0.39 is 23.5 Å². The summed E-state index contributed by atoms with van der Waals surface area (Å²) in [5, 5.41) is 11.6. The number of halogens is 2. The molecule has 0 aliphatic carbocycles. The fourth-order valence-electron chi connectivity index (χ4n) is 3.39. The quantitative estimate of drug-likeness (QED) is 0.413. The first kappa shape index (κ1) is 22.1. The van der Waals surface area contributed by atoms with E-state index in [9.17, 15) is 14.7 Å². The molecule has 1 amide bonds. The molecule has 30 heavy (non-hydrogen) atoms. The Bertz CT molecular complexity index is 1010. The highest BCUT2D eigenvalue weighted by Gasteiger charge is 2.46. The lowest BCUT2D eigenvalue weighted by Gasteiger charge is -2.26. The highest BCUT2D eigenvalue weighted by Crippen LogP contribution is 2.42. The average molecular weight is 450 g/mol. The number of hydrogen-bond acceptors (Lipinski definition) is 6. The summed E-state index contributed by atoms with van der Waals surface area (Å²) in [6, 6.07) is 5.56. The molecule has 3 rings (SSSR count). The normalized spacial score (nSPS) is 18.3. The van der Waals surface area contributed by atoms with Crippen LogP contribution in [0.3, 0.4) is 0 Å². The van der Waals surface area contributed by atoms with Crippen LogP contribution in [-0.2, 0) is 9.59 Å². The van der Waals surface area contributed by atoms with Crippen LogP contribution in [0.4, 0.5) is 0 Å². The van der Waals surface area contributed by atoms with Crippen LogP contribution in [0.2, 0.25) is 10.0 Å². The van der Waals surface area contributed by atoms with E-state index in [2.05, 4.69) is 4.98 Å². The van der Waals surface area contributed by atoms with Crippen molar-refractivity contribution < 1.29 is 19.4 Å². The zero-order valence-electron chi connectivity index (χ0n) is 16.7. The van der Waals surface area contributed by atoms with Gasteiger partial charge in [0.05, 0.1) is 29.3 Å². The predicted molar refractivity (Wildman–Crippen MR) is 115 cm³/mol. The number of nitrogens with zero attached hydrogens (tertiary/aromatic N) is 3. The van der Waals surface area contributed by atoms with Crippen molar-refractivity contribution in [2.75, 3.05) is 34.3 Å².